The van der Waals surface area contributed by atoms with E-state index in [4.69, 9.17) is 5.11 Å². The molecule has 1 rings (SSSR count). The van der Waals surface area contributed by atoms with E-state index in [-0.39, 0.29) is 5.69 Å². The maximum Gasteiger partial charge on any atom is 0.358 e. The highest BCUT2D eigenvalue weighted by atomic mass is 16.4. The predicted octanol–water partition coefficient (Wildman–Crippen LogP) is 1.09. The van der Waals surface area contributed by atoms with Gasteiger partial charge in [-0.3, -0.25) is 0 Å². The molecule has 0 saturated carbocycles. The number of carboxylic acid groups (broad SMARTS) is 1. The molecule has 72 valence electrons. The maximum atomic E-state index is 10.6. The fourth-order valence-electron chi connectivity index (χ4n) is 1.04. The number of nitrogens with one attached hydrogen (secondary N) is 1. The minimum Gasteiger partial charge on any atom is -0.476 e. The summed E-state index contributed by atoms with van der Waals surface area (Å²) >= 11 is 0. The van der Waals surface area contributed by atoms with Gasteiger partial charge in [0.1, 0.15) is 0 Å². The molecule has 0 spiro atoms. The number of rotatable bonds is 4. The first-order valence-corrected chi connectivity index (χ1v) is 4.28. The first-order chi connectivity index (χ1) is 6.15. The lowest BCUT2D eigenvalue weighted by atomic mass is 10.0. The molecule has 5 nitrogen and oxygen atoms in total. The summed E-state index contributed by atoms with van der Waals surface area (Å²) in [6.45, 7) is 4.12. The normalized spacial score (nSPS) is 12.8. The summed E-state index contributed by atoms with van der Waals surface area (Å²) in [5.41, 5.74) is 0.585. The third kappa shape index (κ3) is 2.27. The lowest BCUT2D eigenvalue weighted by Gasteiger charge is -2.04. The Kier molecular flexibility index (Phi) is 3.00. The number of aromatic amines is 1. The monoisotopic (exact) mass is 183 g/mol. The highest BCUT2D eigenvalue weighted by Crippen LogP contribution is 2.11. The van der Waals surface area contributed by atoms with Crippen molar-refractivity contribution in [3.63, 3.8) is 0 Å². The second-order valence-corrected chi connectivity index (χ2v) is 3.14. The molecule has 0 fully saturated rings. The molecule has 13 heavy (non-hydrogen) atoms. The molecule has 1 heterocycles. The number of aromatic carboxylic acids is 1. The van der Waals surface area contributed by atoms with Gasteiger partial charge in [-0.25, -0.2) is 4.79 Å². The van der Waals surface area contributed by atoms with Gasteiger partial charge in [0.15, 0.2) is 5.69 Å². The van der Waals surface area contributed by atoms with E-state index in [2.05, 4.69) is 29.3 Å². The van der Waals surface area contributed by atoms with Gasteiger partial charge < -0.3 is 5.11 Å². The van der Waals surface area contributed by atoms with E-state index in [0.29, 0.717) is 18.0 Å². The fourth-order valence-corrected chi connectivity index (χ4v) is 1.04. The summed E-state index contributed by atoms with van der Waals surface area (Å²) < 4.78 is 0. The molecule has 1 atom stereocenters. The Hall–Kier alpha value is -1.39. The van der Waals surface area contributed by atoms with Crippen LogP contribution in [0.4, 0.5) is 0 Å². The van der Waals surface area contributed by atoms with Gasteiger partial charge in [0.05, 0.1) is 5.69 Å². The molecular weight excluding hydrogens is 170 g/mol. The Bertz CT molecular complexity index is 295. The maximum absolute atomic E-state index is 10.6. The van der Waals surface area contributed by atoms with Crippen LogP contribution in [0.1, 0.15) is 36.5 Å². The van der Waals surface area contributed by atoms with Crippen molar-refractivity contribution in [1.82, 2.24) is 15.4 Å². The smallest absolute Gasteiger partial charge is 0.358 e. The van der Waals surface area contributed by atoms with Crippen LogP contribution in [0.25, 0.3) is 0 Å². The molecular formula is C8H13N3O2. The molecule has 0 aliphatic heterocycles. The largest absolute Gasteiger partial charge is 0.476 e. The van der Waals surface area contributed by atoms with E-state index < -0.39 is 5.97 Å². The highest BCUT2D eigenvalue weighted by Gasteiger charge is 2.16. The number of aromatic nitrogens is 3. The van der Waals surface area contributed by atoms with Crippen LogP contribution in [-0.4, -0.2) is 26.5 Å². The number of hydrogen-bond donors (Lipinski definition) is 2. The molecule has 1 aromatic heterocycles. The van der Waals surface area contributed by atoms with Crippen LogP contribution in [0.2, 0.25) is 0 Å². The summed E-state index contributed by atoms with van der Waals surface area (Å²) in [5, 5.41) is 18.4. The van der Waals surface area contributed by atoms with Gasteiger partial charge in [0.2, 0.25) is 0 Å². The first-order valence-electron chi connectivity index (χ1n) is 4.28. The molecule has 2 N–H and O–H groups in total. The quantitative estimate of drug-likeness (QED) is 0.732. The molecule has 0 amide bonds. The van der Waals surface area contributed by atoms with Gasteiger partial charge in [-0.05, 0) is 12.3 Å². The fraction of sp³-hybridized carbons (Fsp3) is 0.625. The zero-order valence-electron chi connectivity index (χ0n) is 7.74. The van der Waals surface area contributed by atoms with Crippen molar-refractivity contribution in [3.8, 4) is 0 Å². The molecule has 0 aliphatic rings. The molecule has 1 aromatic rings. The van der Waals surface area contributed by atoms with Gasteiger partial charge in [0, 0.05) is 0 Å². The van der Waals surface area contributed by atoms with Gasteiger partial charge in [-0.2, -0.15) is 10.3 Å². The second-order valence-electron chi connectivity index (χ2n) is 3.14. The van der Waals surface area contributed by atoms with Crippen LogP contribution in [0.3, 0.4) is 0 Å². The highest BCUT2D eigenvalue weighted by molar-refractivity contribution is 5.86. The molecule has 1 unspecified atom stereocenters. The Labute approximate surface area is 76.2 Å². The van der Waals surface area contributed by atoms with Crippen molar-refractivity contribution >= 4 is 5.97 Å². The number of nitrogens with zero attached hydrogens (tertiary/aromatic N) is 2. The van der Waals surface area contributed by atoms with Crippen LogP contribution in [0.5, 0.6) is 0 Å². The third-order valence-electron chi connectivity index (χ3n) is 2.06. The Morgan fingerprint density at radius 1 is 1.62 bits per heavy atom. The predicted molar refractivity (Wildman–Crippen MR) is 46.5 cm³/mol. The average molecular weight is 183 g/mol. The SMILES string of the molecule is CCC(C)Cc1n[nH]nc1C(=O)O. The molecule has 0 radical (unpaired) electrons. The van der Waals surface area contributed by atoms with Crippen LogP contribution in [-0.2, 0) is 6.42 Å². The summed E-state index contributed by atoms with van der Waals surface area (Å²) in [6.07, 6.45) is 1.67. The van der Waals surface area contributed by atoms with Crippen LogP contribution in [0.15, 0.2) is 0 Å². The molecule has 0 aliphatic carbocycles. The van der Waals surface area contributed by atoms with E-state index in [1.54, 1.807) is 0 Å². The Morgan fingerprint density at radius 2 is 2.31 bits per heavy atom. The zero-order valence-corrected chi connectivity index (χ0v) is 7.74. The minimum absolute atomic E-state index is 0.0419. The number of carbonyl (C=O) groups is 1. The summed E-state index contributed by atoms with van der Waals surface area (Å²) in [4.78, 5) is 10.6. The van der Waals surface area contributed by atoms with Gasteiger partial charge in [0.25, 0.3) is 0 Å². The van der Waals surface area contributed by atoms with Crippen LogP contribution in [0, 0.1) is 5.92 Å². The topological polar surface area (TPSA) is 78.9 Å². The van der Waals surface area contributed by atoms with Gasteiger partial charge in [-0.1, -0.05) is 20.3 Å². The number of hydrogen-bond acceptors (Lipinski definition) is 3. The van der Waals surface area contributed by atoms with Crippen LogP contribution >= 0.6 is 0 Å². The van der Waals surface area contributed by atoms with E-state index in [9.17, 15) is 4.79 Å². The van der Waals surface area contributed by atoms with Crippen molar-refractivity contribution in [2.24, 2.45) is 5.92 Å². The van der Waals surface area contributed by atoms with E-state index in [1.165, 1.54) is 0 Å². The number of H-pyrrole nitrogens is 1. The van der Waals surface area contributed by atoms with Crippen LogP contribution < -0.4 is 0 Å². The summed E-state index contributed by atoms with van der Waals surface area (Å²) in [5.74, 6) is -0.588. The number of carboxylic acids is 1. The molecule has 5 heteroatoms. The third-order valence-corrected chi connectivity index (χ3v) is 2.06. The minimum atomic E-state index is -1.02. The Balaban J connectivity index is 2.76. The molecule has 0 saturated heterocycles. The van der Waals surface area contributed by atoms with Gasteiger partial charge in [-0.15, -0.1) is 5.10 Å². The Morgan fingerprint density at radius 3 is 2.85 bits per heavy atom. The van der Waals surface area contributed by atoms with Crippen molar-refractivity contribution in [1.29, 1.82) is 0 Å². The van der Waals surface area contributed by atoms with E-state index in [1.807, 2.05) is 0 Å². The van der Waals surface area contributed by atoms with Gasteiger partial charge >= 0.3 is 5.97 Å². The standard InChI is InChI=1S/C8H13N3O2/c1-3-5(2)4-6-7(8(12)13)10-11-9-6/h5H,3-4H2,1-2H3,(H,12,13)(H,9,10,11). The van der Waals surface area contributed by atoms with Crippen molar-refractivity contribution in [2.75, 3.05) is 0 Å². The van der Waals surface area contributed by atoms with E-state index in [0.717, 1.165) is 6.42 Å². The summed E-state index contributed by atoms with van der Waals surface area (Å²) in [7, 11) is 0. The van der Waals surface area contributed by atoms with E-state index >= 15 is 0 Å². The lowest BCUT2D eigenvalue weighted by molar-refractivity contribution is 0.0689. The summed E-state index contributed by atoms with van der Waals surface area (Å²) in [6, 6.07) is 0. The molecule has 0 bridgehead atoms. The second kappa shape index (κ2) is 4.02. The van der Waals surface area contributed by atoms with Crippen molar-refractivity contribution in [3.05, 3.63) is 11.4 Å². The molecule has 0 aromatic carbocycles. The lowest BCUT2D eigenvalue weighted by Crippen LogP contribution is -2.06. The average Bonchev–Trinajstić information content (AvgIpc) is 2.52. The zero-order chi connectivity index (χ0) is 9.84. The first kappa shape index (κ1) is 9.70. The van der Waals surface area contributed by atoms with Crippen molar-refractivity contribution < 1.29 is 9.90 Å². The van der Waals surface area contributed by atoms with Crippen molar-refractivity contribution in [2.45, 2.75) is 26.7 Å².